The lowest BCUT2D eigenvalue weighted by atomic mass is 10.2. The fraction of sp³-hybridized carbons (Fsp3) is 0.625. The molecule has 0 radical (unpaired) electrons. The van der Waals surface area contributed by atoms with Gasteiger partial charge in [0, 0.05) is 26.9 Å². The summed E-state index contributed by atoms with van der Waals surface area (Å²) in [5, 5.41) is 4.76. The highest BCUT2D eigenvalue weighted by Gasteiger charge is 1.96. The number of hydrogen-bond donors (Lipinski definition) is 2. The topological polar surface area (TPSA) is 76.7 Å². The van der Waals surface area contributed by atoms with Crippen molar-refractivity contribution in [2.24, 2.45) is 0 Å². The zero-order valence-corrected chi connectivity index (χ0v) is 13.3. The number of carbonyl (C=O) groups is 2. The molecule has 0 heterocycles. The van der Waals surface area contributed by atoms with E-state index >= 15 is 0 Å². The van der Waals surface area contributed by atoms with E-state index in [4.69, 9.17) is 9.47 Å². The van der Waals surface area contributed by atoms with Gasteiger partial charge in [-0.05, 0) is 37.5 Å². The van der Waals surface area contributed by atoms with Gasteiger partial charge in [-0.1, -0.05) is 11.8 Å². The van der Waals surface area contributed by atoms with Crippen LogP contribution in [0.5, 0.6) is 0 Å². The highest BCUT2D eigenvalue weighted by molar-refractivity contribution is 5.66. The lowest BCUT2D eigenvalue weighted by molar-refractivity contribution is 0.145. The summed E-state index contributed by atoms with van der Waals surface area (Å²) < 4.78 is 9.69. The van der Waals surface area contributed by atoms with Crippen LogP contribution in [0.4, 0.5) is 9.59 Å². The van der Waals surface area contributed by atoms with E-state index in [1.165, 1.54) is 14.1 Å². The van der Waals surface area contributed by atoms with Crippen LogP contribution in [0.25, 0.3) is 0 Å². The minimum atomic E-state index is -0.405. The third kappa shape index (κ3) is 14.1. The molecule has 0 aromatic heterocycles. The Morgan fingerprint density at radius 3 is 1.55 bits per heavy atom. The van der Waals surface area contributed by atoms with Crippen LogP contribution in [0.1, 0.15) is 38.5 Å². The maximum absolute atomic E-state index is 10.8. The maximum Gasteiger partial charge on any atom is 0.406 e. The number of ether oxygens (including phenoxy) is 2. The van der Waals surface area contributed by atoms with Crippen molar-refractivity contribution < 1.29 is 19.1 Å². The first-order valence-corrected chi connectivity index (χ1v) is 7.35. The average molecular weight is 308 g/mol. The van der Waals surface area contributed by atoms with Gasteiger partial charge in [0.1, 0.15) is 0 Å². The third-order valence-electron chi connectivity index (χ3n) is 2.51. The number of amides is 2. The lowest BCUT2D eigenvalue weighted by Gasteiger charge is -2.01. The highest BCUT2D eigenvalue weighted by Crippen LogP contribution is 1.95. The van der Waals surface area contributed by atoms with Crippen molar-refractivity contribution in [3.63, 3.8) is 0 Å². The van der Waals surface area contributed by atoms with Gasteiger partial charge in [-0.2, -0.15) is 0 Å². The summed E-state index contributed by atoms with van der Waals surface area (Å²) in [5.74, 6) is 11.5. The van der Waals surface area contributed by atoms with E-state index < -0.39 is 12.2 Å². The van der Waals surface area contributed by atoms with Gasteiger partial charge >= 0.3 is 12.2 Å². The first-order chi connectivity index (χ1) is 10.7. The Hall–Kier alpha value is -2.34. The van der Waals surface area contributed by atoms with Crippen molar-refractivity contribution in [2.45, 2.75) is 38.5 Å². The van der Waals surface area contributed by atoms with E-state index in [9.17, 15) is 9.59 Å². The second-order valence-corrected chi connectivity index (χ2v) is 4.29. The van der Waals surface area contributed by atoms with Crippen LogP contribution in [0.2, 0.25) is 0 Å². The molecule has 0 aliphatic heterocycles. The van der Waals surface area contributed by atoms with Crippen LogP contribution in [-0.2, 0) is 9.47 Å². The van der Waals surface area contributed by atoms with Crippen LogP contribution in [-0.4, -0.2) is 39.5 Å². The predicted octanol–water partition coefficient (Wildman–Crippen LogP) is 2.05. The van der Waals surface area contributed by atoms with E-state index in [1.54, 1.807) is 0 Å². The van der Waals surface area contributed by atoms with Gasteiger partial charge in [0.15, 0.2) is 0 Å². The molecule has 0 atom stereocenters. The second kappa shape index (κ2) is 15.1. The van der Waals surface area contributed by atoms with Crippen molar-refractivity contribution >= 4 is 12.2 Å². The normalized spacial score (nSPS) is 8.64. The van der Waals surface area contributed by atoms with Gasteiger partial charge in [-0.3, -0.25) is 0 Å². The van der Waals surface area contributed by atoms with E-state index in [-0.39, 0.29) is 0 Å². The molecule has 0 rings (SSSR count). The molecule has 0 unspecified atom stereocenters. The Balaban J connectivity index is 3.41. The first-order valence-electron chi connectivity index (χ1n) is 7.35. The SMILES string of the molecule is CNC(=O)OCCCCC#CC#CCCCCOC(=O)NC. The molecule has 2 amide bonds. The molecule has 0 fully saturated rings. The van der Waals surface area contributed by atoms with Crippen LogP contribution in [0.3, 0.4) is 0 Å². The number of carbonyl (C=O) groups excluding carboxylic acids is 2. The fourth-order valence-electron chi connectivity index (χ4n) is 1.32. The van der Waals surface area contributed by atoms with Gasteiger partial charge in [-0.25, -0.2) is 9.59 Å². The molecule has 0 saturated heterocycles. The number of hydrogen-bond acceptors (Lipinski definition) is 4. The van der Waals surface area contributed by atoms with Gasteiger partial charge < -0.3 is 20.1 Å². The quantitative estimate of drug-likeness (QED) is 0.531. The number of rotatable bonds is 8. The minimum Gasteiger partial charge on any atom is -0.450 e. The van der Waals surface area contributed by atoms with Gasteiger partial charge in [0.2, 0.25) is 0 Å². The molecule has 0 aromatic carbocycles. The molecule has 0 aromatic rings. The summed E-state index contributed by atoms with van der Waals surface area (Å²) in [7, 11) is 3.06. The molecule has 0 saturated carbocycles. The predicted molar refractivity (Wildman–Crippen MR) is 84.1 cm³/mol. The van der Waals surface area contributed by atoms with E-state index in [0.29, 0.717) is 13.2 Å². The summed E-state index contributed by atoms with van der Waals surface area (Å²) >= 11 is 0. The second-order valence-electron chi connectivity index (χ2n) is 4.29. The standard InChI is InChI=1S/C16H24N2O4/c1-17-15(19)21-13-11-9-7-5-3-4-6-8-10-12-14-22-16(20)18-2/h7-14H2,1-2H3,(H,17,19)(H,18,20). The maximum atomic E-state index is 10.8. The Kier molecular flexibility index (Phi) is 13.5. The van der Waals surface area contributed by atoms with Crippen molar-refractivity contribution in [3.05, 3.63) is 0 Å². The third-order valence-corrected chi connectivity index (χ3v) is 2.51. The van der Waals surface area contributed by atoms with E-state index in [2.05, 4.69) is 34.3 Å². The van der Waals surface area contributed by atoms with Gasteiger partial charge in [0.25, 0.3) is 0 Å². The van der Waals surface area contributed by atoms with Crippen molar-refractivity contribution in [2.75, 3.05) is 27.3 Å². The molecule has 0 aliphatic carbocycles. The average Bonchev–Trinajstić information content (AvgIpc) is 2.54. The summed E-state index contributed by atoms with van der Waals surface area (Å²) in [4.78, 5) is 21.5. The largest absolute Gasteiger partial charge is 0.450 e. The summed E-state index contributed by atoms with van der Waals surface area (Å²) in [6.45, 7) is 0.816. The zero-order valence-electron chi connectivity index (χ0n) is 13.3. The van der Waals surface area contributed by atoms with Gasteiger partial charge in [0.05, 0.1) is 13.2 Å². The summed E-state index contributed by atoms with van der Waals surface area (Å²) in [5.41, 5.74) is 0. The zero-order chi connectivity index (χ0) is 16.5. The molecular formula is C16H24N2O4. The van der Waals surface area contributed by atoms with E-state index in [0.717, 1.165) is 38.5 Å². The molecule has 122 valence electrons. The molecule has 2 N–H and O–H groups in total. The van der Waals surface area contributed by atoms with Crippen molar-refractivity contribution in [3.8, 4) is 23.7 Å². The summed E-state index contributed by atoms with van der Waals surface area (Å²) in [6.07, 6.45) is 4.01. The molecular weight excluding hydrogens is 284 g/mol. The van der Waals surface area contributed by atoms with Crippen LogP contribution in [0.15, 0.2) is 0 Å². The van der Waals surface area contributed by atoms with E-state index in [1.807, 2.05) is 0 Å². The van der Waals surface area contributed by atoms with Crippen LogP contribution >= 0.6 is 0 Å². The molecule has 0 spiro atoms. The van der Waals surface area contributed by atoms with Crippen LogP contribution in [0, 0.1) is 23.7 Å². The lowest BCUT2D eigenvalue weighted by Crippen LogP contribution is -2.19. The molecule has 0 bridgehead atoms. The Morgan fingerprint density at radius 2 is 1.18 bits per heavy atom. The number of nitrogens with one attached hydrogen (secondary N) is 2. The molecule has 0 aliphatic rings. The fourth-order valence-corrected chi connectivity index (χ4v) is 1.32. The first kappa shape index (κ1) is 19.7. The van der Waals surface area contributed by atoms with Gasteiger partial charge in [-0.15, -0.1) is 0 Å². The van der Waals surface area contributed by atoms with Crippen LogP contribution < -0.4 is 10.6 Å². The summed E-state index contributed by atoms with van der Waals surface area (Å²) in [6, 6.07) is 0. The smallest absolute Gasteiger partial charge is 0.406 e. The number of unbranched alkanes of at least 4 members (excludes halogenated alkanes) is 4. The van der Waals surface area contributed by atoms with Crippen molar-refractivity contribution in [1.29, 1.82) is 0 Å². The highest BCUT2D eigenvalue weighted by atomic mass is 16.6. The Bertz CT molecular complexity index is 399. The molecule has 6 heteroatoms. The Labute approximate surface area is 132 Å². The van der Waals surface area contributed by atoms with Crippen molar-refractivity contribution in [1.82, 2.24) is 10.6 Å². The Morgan fingerprint density at radius 1 is 0.773 bits per heavy atom. The monoisotopic (exact) mass is 308 g/mol. The minimum absolute atomic E-state index is 0.405. The molecule has 6 nitrogen and oxygen atoms in total. The number of alkyl carbamates (subject to hydrolysis) is 2. The molecule has 22 heavy (non-hydrogen) atoms.